The lowest BCUT2D eigenvalue weighted by Gasteiger charge is -2.24. The second-order valence-corrected chi connectivity index (χ2v) is 5.28. The second kappa shape index (κ2) is 8.24. The molecule has 3 N–H and O–H groups in total. The van der Waals surface area contributed by atoms with Crippen LogP contribution in [0.1, 0.15) is 26.2 Å². The summed E-state index contributed by atoms with van der Waals surface area (Å²) in [5.41, 5.74) is 5.35. The number of allylic oxidation sites excluding steroid dienone is 1. The molecule has 0 atom stereocenters. The van der Waals surface area contributed by atoms with Gasteiger partial charge in [0.25, 0.3) is 0 Å². The number of guanidine groups is 1. The third-order valence-corrected chi connectivity index (χ3v) is 3.22. The minimum atomic E-state index is -0.520. The fraction of sp³-hybridized carbons (Fsp3) is 0.538. The van der Waals surface area contributed by atoms with Crippen molar-refractivity contribution in [2.45, 2.75) is 26.2 Å². The lowest BCUT2D eigenvalue weighted by atomic mass is 10.2. The van der Waals surface area contributed by atoms with Crippen molar-refractivity contribution in [3.05, 3.63) is 11.9 Å². The molecule has 0 aliphatic carbocycles. The number of nitrogens with one attached hydrogen (secondary N) is 3. The molecule has 0 spiro atoms. The molecule has 0 aromatic carbocycles. The van der Waals surface area contributed by atoms with Gasteiger partial charge in [0.05, 0.1) is 6.54 Å². The van der Waals surface area contributed by atoms with Crippen LogP contribution in [0.15, 0.2) is 22.2 Å². The number of carbonyl (C=O) groups is 2. The van der Waals surface area contributed by atoms with E-state index in [0.29, 0.717) is 24.6 Å². The van der Waals surface area contributed by atoms with Crippen molar-refractivity contribution in [2.75, 3.05) is 20.1 Å². The van der Waals surface area contributed by atoms with Gasteiger partial charge in [-0.1, -0.05) is 11.2 Å². The van der Waals surface area contributed by atoms with E-state index >= 15 is 0 Å². The summed E-state index contributed by atoms with van der Waals surface area (Å²) in [5, 5.41) is 11.4. The minimum Gasteiger partial charge on any atom is -0.340 e. The van der Waals surface area contributed by atoms with Crippen molar-refractivity contribution in [3.8, 4) is 0 Å². The maximum Gasteiger partial charge on any atom is 0.354 e. The molecular formula is C13H20FN7O3. The molecule has 24 heavy (non-hydrogen) atoms. The Morgan fingerprint density at radius 1 is 1.54 bits per heavy atom. The molecule has 0 aromatic heterocycles. The van der Waals surface area contributed by atoms with Gasteiger partial charge in [0, 0.05) is 13.5 Å². The van der Waals surface area contributed by atoms with Crippen LogP contribution in [0.4, 0.5) is 4.39 Å². The number of amides is 1. The Labute approximate surface area is 138 Å². The van der Waals surface area contributed by atoms with E-state index < -0.39 is 5.97 Å². The third-order valence-electron chi connectivity index (χ3n) is 3.22. The number of oxime groups is 1. The summed E-state index contributed by atoms with van der Waals surface area (Å²) in [6.45, 7) is 1.56. The average molecular weight is 341 g/mol. The molecule has 1 amide bonds. The summed E-state index contributed by atoms with van der Waals surface area (Å²) in [6, 6.07) is 0. The first kappa shape index (κ1) is 17.7. The second-order valence-electron chi connectivity index (χ2n) is 5.28. The highest BCUT2D eigenvalue weighted by Crippen LogP contribution is 2.09. The smallest absolute Gasteiger partial charge is 0.340 e. The summed E-state index contributed by atoms with van der Waals surface area (Å²) in [6.07, 6.45) is 2.54. The molecule has 0 radical (unpaired) electrons. The van der Waals surface area contributed by atoms with Gasteiger partial charge in [-0.25, -0.2) is 14.7 Å². The first-order chi connectivity index (χ1) is 11.4. The van der Waals surface area contributed by atoms with Gasteiger partial charge in [-0.3, -0.25) is 15.5 Å². The molecule has 11 heteroatoms. The molecular weight excluding hydrogens is 321 g/mol. The molecule has 0 fully saturated rings. The van der Waals surface area contributed by atoms with Crippen molar-refractivity contribution in [1.82, 2.24) is 26.3 Å². The predicted octanol–water partition coefficient (Wildman–Crippen LogP) is -0.456. The summed E-state index contributed by atoms with van der Waals surface area (Å²) in [4.78, 5) is 28.8. The first-order valence-corrected chi connectivity index (χ1v) is 7.41. The zero-order valence-corrected chi connectivity index (χ0v) is 13.5. The summed E-state index contributed by atoms with van der Waals surface area (Å²) in [5.74, 6) is -0.355. The summed E-state index contributed by atoms with van der Waals surface area (Å²) < 4.78 is 13.9. The van der Waals surface area contributed by atoms with E-state index in [1.807, 2.05) is 0 Å². The quantitative estimate of drug-likeness (QED) is 0.443. The number of amidine groups is 1. The Balaban J connectivity index is 1.66. The van der Waals surface area contributed by atoms with E-state index in [9.17, 15) is 14.0 Å². The number of hydrogen-bond acceptors (Lipinski definition) is 9. The highest BCUT2D eigenvalue weighted by molar-refractivity contribution is 5.97. The molecule has 2 aliphatic heterocycles. The van der Waals surface area contributed by atoms with E-state index in [-0.39, 0.29) is 31.2 Å². The van der Waals surface area contributed by atoms with Crippen LogP contribution in [0, 0.1) is 0 Å². The number of carbonyl (C=O) groups excluding carboxylic acids is 2. The van der Waals surface area contributed by atoms with Gasteiger partial charge < -0.3 is 9.74 Å². The molecule has 0 aromatic rings. The fourth-order valence-electron chi connectivity index (χ4n) is 2.00. The van der Waals surface area contributed by atoms with Crippen LogP contribution >= 0.6 is 0 Å². The van der Waals surface area contributed by atoms with Gasteiger partial charge >= 0.3 is 5.97 Å². The summed E-state index contributed by atoms with van der Waals surface area (Å²) >= 11 is 0. The third kappa shape index (κ3) is 5.50. The average Bonchev–Trinajstić information content (AvgIpc) is 2.92. The number of nitrogens with zero attached hydrogens (tertiary/aromatic N) is 4. The highest BCUT2D eigenvalue weighted by atomic mass is 19.1. The van der Waals surface area contributed by atoms with Gasteiger partial charge in [0.15, 0.2) is 0 Å². The minimum absolute atomic E-state index is 0.0312. The largest absolute Gasteiger partial charge is 0.354 e. The Hall–Kier alpha value is -2.69. The number of hydrazine groups is 2. The number of rotatable bonds is 6. The van der Waals surface area contributed by atoms with Gasteiger partial charge in [-0.05, 0) is 19.8 Å². The molecule has 2 heterocycles. The highest BCUT2D eigenvalue weighted by Gasteiger charge is 2.20. The maximum absolute atomic E-state index is 13.9. The molecule has 0 saturated carbocycles. The van der Waals surface area contributed by atoms with Crippen molar-refractivity contribution in [2.24, 2.45) is 10.3 Å². The Bertz CT molecular complexity index is 590. The number of halogens is 1. The number of hydrazone groups is 1. The molecule has 2 aliphatic rings. The molecule has 10 nitrogen and oxygen atoms in total. The van der Waals surface area contributed by atoms with Crippen LogP contribution in [0.2, 0.25) is 0 Å². The Morgan fingerprint density at radius 2 is 2.33 bits per heavy atom. The van der Waals surface area contributed by atoms with Crippen LogP contribution in [-0.2, 0) is 14.4 Å². The van der Waals surface area contributed by atoms with E-state index in [4.69, 9.17) is 0 Å². The first-order valence-electron chi connectivity index (χ1n) is 7.41. The normalized spacial score (nSPS) is 18.4. The molecule has 0 bridgehead atoms. The molecule has 132 valence electrons. The van der Waals surface area contributed by atoms with Crippen molar-refractivity contribution >= 4 is 23.7 Å². The van der Waals surface area contributed by atoms with Gasteiger partial charge in [0.2, 0.25) is 11.9 Å². The van der Waals surface area contributed by atoms with Gasteiger partial charge in [0.1, 0.15) is 18.2 Å². The standard InChI is InChI=1S/C13H20FN7O3/c1-9-18-24-12(23)8-21(9)7-10(14)5-3-4-6-11(22)15-13-16-19-20(2)17-13/h5,19H,3-4,6-8H2,1-2H3,(H2,15,16,17,22)/b10-5+. The van der Waals surface area contributed by atoms with Crippen LogP contribution in [0.5, 0.6) is 0 Å². The number of unbranched alkanes of at least 4 members (excludes halogenated alkanes) is 1. The van der Waals surface area contributed by atoms with Crippen LogP contribution in [0.25, 0.3) is 0 Å². The monoisotopic (exact) mass is 341 g/mol. The fourth-order valence-corrected chi connectivity index (χ4v) is 2.00. The SMILES string of the molecule is CC1=NOC(=O)CN1C/C(F)=C\CCCC(=O)NC1=NNN(C)N1. The molecule has 2 rings (SSSR count). The topological polar surface area (TPSA) is 111 Å². The van der Waals surface area contributed by atoms with E-state index in [1.165, 1.54) is 16.1 Å². The van der Waals surface area contributed by atoms with Gasteiger partial charge in [-0.2, -0.15) is 0 Å². The van der Waals surface area contributed by atoms with Crippen molar-refractivity contribution in [1.29, 1.82) is 0 Å². The van der Waals surface area contributed by atoms with Crippen LogP contribution in [0.3, 0.4) is 0 Å². The van der Waals surface area contributed by atoms with Crippen LogP contribution in [-0.4, -0.2) is 53.8 Å². The molecule has 0 saturated heterocycles. The van der Waals surface area contributed by atoms with E-state index in [1.54, 1.807) is 14.0 Å². The lowest BCUT2D eigenvalue weighted by molar-refractivity contribution is -0.145. The van der Waals surface area contributed by atoms with Crippen LogP contribution < -0.4 is 16.3 Å². The summed E-state index contributed by atoms with van der Waals surface area (Å²) in [7, 11) is 1.70. The predicted molar refractivity (Wildman–Crippen MR) is 83.4 cm³/mol. The Kier molecular flexibility index (Phi) is 6.07. The molecule has 0 unspecified atom stereocenters. The van der Waals surface area contributed by atoms with E-state index in [2.05, 4.69) is 31.4 Å². The zero-order valence-electron chi connectivity index (χ0n) is 13.5. The van der Waals surface area contributed by atoms with E-state index in [0.717, 1.165) is 0 Å². The Morgan fingerprint density at radius 3 is 3.04 bits per heavy atom. The van der Waals surface area contributed by atoms with Crippen molar-refractivity contribution in [3.63, 3.8) is 0 Å². The number of hydrogen-bond donors (Lipinski definition) is 3. The maximum atomic E-state index is 13.9. The lowest BCUT2D eigenvalue weighted by Crippen LogP contribution is -2.44. The zero-order chi connectivity index (χ0) is 17.5. The van der Waals surface area contributed by atoms with Crippen molar-refractivity contribution < 1.29 is 18.8 Å². The van der Waals surface area contributed by atoms with Gasteiger partial charge in [-0.15, -0.1) is 10.2 Å².